The lowest BCUT2D eigenvalue weighted by Crippen LogP contribution is -2.04. The molecule has 126 valence electrons. The topological polar surface area (TPSA) is 72.0 Å². The fraction of sp³-hybridized carbons (Fsp3) is 0.286. The molecule has 0 saturated heterocycles. The minimum atomic E-state index is -3.19. The summed E-state index contributed by atoms with van der Waals surface area (Å²) < 4.78 is 24.2. The molecule has 0 aromatic carbocycles. The van der Waals surface area contributed by atoms with Gasteiger partial charge in [-0.05, 0) is 56.0 Å². The summed E-state index contributed by atoms with van der Waals surface area (Å²) >= 11 is 12.2. The Morgan fingerprint density at radius 2 is 1.74 bits per heavy atom. The monoisotopic (exact) mass is 483 g/mol. The molecule has 0 spiro atoms. The first-order valence-corrected chi connectivity index (χ1v) is 10.4. The van der Waals surface area contributed by atoms with Crippen LogP contribution >= 0.6 is 43.5 Å². The zero-order valence-corrected chi connectivity index (χ0v) is 17.5. The number of nitrogens with zero attached hydrogens (tertiary/aromatic N) is 2. The van der Waals surface area contributed by atoms with E-state index in [9.17, 15) is 8.42 Å². The number of nitrogens with one attached hydrogen (secondary N) is 1. The van der Waals surface area contributed by atoms with Crippen molar-refractivity contribution in [1.82, 2.24) is 9.97 Å². The lowest BCUT2D eigenvalue weighted by molar-refractivity contribution is 0.596. The van der Waals surface area contributed by atoms with Crippen LogP contribution in [0.4, 0.5) is 5.69 Å². The normalized spacial score (nSPS) is 10.7. The van der Waals surface area contributed by atoms with Gasteiger partial charge in [0.1, 0.15) is 0 Å². The van der Waals surface area contributed by atoms with Gasteiger partial charge in [0, 0.05) is 34.6 Å². The highest BCUT2D eigenvalue weighted by molar-refractivity contribution is 9.10. The molecule has 0 radical (unpaired) electrons. The molecule has 0 aliphatic rings. The highest BCUT2D eigenvalue weighted by Crippen LogP contribution is 2.21. The molecule has 2 aromatic rings. The minimum Gasteiger partial charge on any atom is -0.386 e. The molecule has 0 amide bonds. The van der Waals surface area contributed by atoms with E-state index >= 15 is 0 Å². The Kier molecular flexibility index (Phi) is 7.93. The van der Waals surface area contributed by atoms with Crippen molar-refractivity contribution in [2.75, 3.05) is 18.6 Å². The van der Waals surface area contributed by atoms with Gasteiger partial charge in [-0.25, -0.2) is 18.4 Å². The molecule has 23 heavy (non-hydrogen) atoms. The first-order chi connectivity index (χ1) is 10.7. The van der Waals surface area contributed by atoms with E-state index in [2.05, 4.69) is 47.1 Å². The molecular formula is C14H16Br2ClN3O2S. The number of hydrogen-bond donors (Lipinski definition) is 1. The van der Waals surface area contributed by atoms with Crippen molar-refractivity contribution in [2.45, 2.75) is 18.4 Å². The Morgan fingerprint density at radius 1 is 1.17 bits per heavy atom. The third-order valence-electron chi connectivity index (χ3n) is 2.70. The van der Waals surface area contributed by atoms with Crippen LogP contribution in [0.3, 0.4) is 0 Å². The van der Waals surface area contributed by atoms with Crippen LogP contribution in [0, 0.1) is 0 Å². The SMILES string of the molecule is CCc1cc(Br)cnc1S(C)(=O)=O.CNc1cc(Br)cnc1Cl. The lowest BCUT2D eigenvalue weighted by atomic mass is 10.2. The smallest absolute Gasteiger partial charge is 0.193 e. The van der Waals surface area contributed by atoms with E-state index < -0.39 is 9.84 Å². The van der Waals surface area contributed by atoms with Crippen molar-refractivity contribution in [3.05, 3.63) is 44.2 Å². The summed E-state index contributed by atoms with van der Waals surface area (Å²) in [5.74, 6) is 0. The standard InChI is InChI=1S/C8H10BrNO2S.C6H6BrClN2/c1-3-6-4-7(9)5-10-8(6)13(2,11)12;1-9-5-2-4(7)3-10-6(5)8/h4-5H,3H2,1-2H3;2-3,9H,1H3. The van der Waals surface area contributed by atoms with Crippen molar-refractivity contribution in [3.63, 3.8) is 0 Å². The Hall–Kier alpha value is -0.700. The van der Waals surface area contributed by atoms with E-state index in [1.807, 2.05) is 13.0 Å². The molecule has 0 saturated carbocycles. The van der Waals surface area contributed by atoms with E-state index in [0.717, 1.165) is 20.2 Å². The molecule has 5 nitrogen and oxygen atoms in total. The van der Waals surface area contributed by atoms with E-state index in [0.29, 0.717) is 11.6 Å². The van der Waals surface area contributed by atoms with Gasteiger partial charge in [-0.1, -0.05) is 18.5 Å². The van der Waals surface area contributed by atoms with E-state index in [-0.39, 0.29) is 5.03 Å². The highest BCUT2D eigenvalue weighted by atomic mass is 79.9. The lowest BCUT2D eigenvalue weighted by Gasteiger charge is -2.04. The summed E-state index contributed by atoms with van der Waals surface area (Å²) in [5.41, 5.74) is 1.58. The number of sulfone groups is 1. The number of anilines is 1. The summed E-state index contributed by atoms with van der Waals surface area (Å²) in [6.07, 6.45) is 4.98. The maximum atomic E-state index is 11.2. The van der Waals surface area contributed by atoms with Crippen LogP contribution in [0.1, 0.15) is 12.5 Å². The fourth-order valence-corrected chi connectivity index (χ4v) is 3.49. The van der Waals surface area contributed by atoms with Crippen molar-refractivity contribution in [2.24, 2.45) is 0 Å². The molecule has 2 heterocycles. The van der Waals surface area contributed by atoms with Gasteiger partial charge in [-0.2, -0.15) is 0 Å². The van der Waals surface area contributed by atoms with Gasteiger partial charge in [0.25, 0.3) is 0 Å². The molecular weight excluding hydrogens is 470 g/mol. The first-order valence-electron chi connectivity index (χ1n) is 6.52. The maximum absolute atomic E-state index is 11.2. The average molecular weight is 486 g/mol. The Balaban J connectivity index is 0.000000238. The quantitative estimate of drug-likeness (QED) is 0.655. The predicted molar refractivity (Wildman–Crippen MR) is 101 cm³/mol. The van der Waals surface area contributed by atoms with Gasteiger partial charge in [0.05, 0.1) is 5.69 Å². The third-order valence-corrected chi connectivity index (χ3v) is 4.94. The second kappa shape index (κ2) is 8.96. The summed E-state index contributed by atoms with van der Waals surface area (Å²) in [6.45, 7) is 1.90. The summed E-state index contributed by atoms with van der Waals surface area (Å²) in [4.78, 5) is 7.79. The summed E-state index contributed by atoms with van der Waals surface area (Å²) in [5, 5.41) is 3.58. The first kappa shape index (κ1) is 20.3. The number of rotatable bonds is 3. The number of halogens is 3. The van der Waals surface area contributed by atoms with Crippen LogP contribution < -0.4 is 5.32 Å². The number of aromatic nitrogens is 2. The fourth-order valence-electron chi connectivity index (χ4n) is 1.65. The Morgan fingerprint density at radius 3 is 2.22 bits per heavy atom. The van der Waals surface area contributed by atoms with Crippen molar-refractivity contribution in [1.29, 1.82) is 0 Å². The average Bonchev–Trinajstić information content (AvgIpc) is 2.49. The Labute approximate surface area is 158 Å². The zero-order chi connectivity index (χ0) is 17.6. The van der Waals surface area contributed by atoms with Gasteiger partial charge in [0.2, 0.25) is 0 Å². The second-order valence-corrected chi connectivity index (χ2v) is 8.61. The minimum absolute atomic E-state index is 0.179. The molecule has 0 fully saturated rings. The van der Waals surface area contributed by atoms with Crippen LogP contribution in [0.2, 0.25) is 5.15 Å². The highest BCUT2D eigenvalue weighted by Gasteiger charge is 2.13. The van der Waals surface area contributed by atoms with Crippen LogP contribution in [-0.2, 0) is 16.3 Å². The van der Waals surface area contributed by atoms with Crippen molar-refractivity contribution < 1.29 is 8.42 Å². The number of aryl methyl sites for hydroxylation is 1. The van der Waals surface area contributed by atoms with E-state index in [4.69, 9.17) is 11.6 Å². The molecule has 9 heteroatoms. The molecule has 0 aliphatic heterocycles. The van der Waals surface area contributed by atoms with Gasteiger partial charge in [-0.3, -0.25) is 0 Å². The van der Waals surface area contributed by atoms with Crippen LogP contribution in [0.5, 0.6) is 0 Å². The molecule has 2 rings (SSSR count). The van der Waals surface area contributed by atoms with E-state index in [1.54, 1.807) is 19.3 Å². The van der Waals surface area contributed by atoms with E-state index in [1.165, 1.54) is 12.5 Å². The van der Waals surface area contributed by atoms with Crippen LogP contribution in [-0.4, -0.2) is 31.7 Å². The molecule has 0 aliphatic carbocycles. The zero-order valence-electron chi connectivity index (χ0n) is 12.8. The van der Waals surface area contributed by atoms with Gasteiger partial charge >= 0.3 is 0 Å². The molecule has 0 bridgehead atoms. The molecule has 2 aromatic heterocycles. The maximum Gasteiger partial charge on any atom is 0.193 e. The van der Waals surface area contributed by atoms with Gasteiger partial charge in [0.15, 0.2) is 20.0 Å². The number of pyridine rings is 2. The largest absolute Gasteiger partial charge is 0.386 e. The molecule has 1 N–H and O–H groups in total. The summed E-state index contributed by atoms with van der Waals surface area (Å²) in [6, 6.07) is 3.65. The van der Waals surface area contributed by atoms with Crippen molar-refractivity contribution in [3.8, 4) is 0 Å². The summed E-state index contributed by atoms with van der Waals surface area (Å²) in [7, 11) is -1.39. The Bertz CT molecular complexity index is 786. The third kappa shape index (κ3) is 6.37. The predicted octanol–water partition coefficient (Wildman–Crippen LogP) is 4.35. The number of hydrogen-bond acceptors (Lipinski definition) is 5. The van der Waals surface area contributed by atoms with Gasteiger partial charge in [-0.15, -0.1) is 0 Å². The van der Waals surface area contributed by atoms with Crippen LogP contribution in [0.15, 0.2) is 38.5 Å². The second-order valence-electron chi connectivity index (χ2n) is 4.49. The molecule has 0 atom stereocenters. The van der Waals surface area contributed by atoms with Crippen molar-refractivity contribution >= 4 is 59.0 Å². The van der Waals surface area contributed by atoms with Gasteiger partial charge < -0.3 is 5.32 Å². The van der Waals surface area contributed by atoms with Crippen LogP contribution in [0.25, 0.3) is 0 Å². The molecule has 0 unspecified atom stereocenters.